The molecule has 0 aliphatic carbocycles. The zero-order chi connectivity index (χ0) is 23.3. The monoisotopic (exact) mass is 456 g/mol. The van der Waals surface area contributed by atoms with Crippen molar-refractivity contribution in [3.63, 3.8) is 0 Å². The summed E-state index contributed by atoms with van der Waals surface area (Å²) in [5.41, 5.74) is 2.66. The first-order chi connectivity index (χ1) is 15.3. The van der Waals surface area contributed by atoms with Crippen molar-refractivity contribution in [1.29, 1.82) is 0 Å². The maximum absolute atomic E-state index is 13.3. The highest BCUT2D eigenvalue weighted by atomic mass is 35.5. The molecular formula is C25H29ClN2O4. The number of rotatable bonds is 10. The Kier molecular flexibility index (Phi) is 7.94. The molecule has 0 spiro atoms. The third kappa shape index (κ3) is 5.31. The summed E-state index contributed by atoms with van der Waals surface area (Å²) >= 11 is 6.25. The molecule has 32 heavy (non-hydrogen) atoms. The highest BCUT2D eigenvalue weighted by Crippen LogP contribution is 2.33. The van der Waals surface area contributed by atoms with Gasteiger partial charge in [0.2, 0.25) is 0 Å². The fourth-order valence-electron chi connectivity index (χ4n) is 3.36. The molecule has 0 aromatic heterocycles. The van der Waals surface area contributed by atoms with Gasteiger partial charge < -0.3 is 14.8 Å². The molecule has 0 atom stereocenters. The average molecular weight is 457 g/mol. The molecule has 1 heterocycles. The van der Waals surface area contributed by atoms with Crippen molar-refractivity contribution in [2.45, 2.75) is 40.2 Å². The number of nitrogens with zero attached hydrogens (tertiary/aromatic N) is 1. The van der Waals surface area contributed by atoms with E-state index in [9.17, 15) is 9.59 Å². The second-order valence-electron chi connectivity index (χ2n) is 7.84. The van der Waals surface area contributed by atoms with Gasteiger partial charge in [0.25, 0.3) is 11.8 Å². The molecule has 0 fully saturated rings. The van der Waals surface area contributed by atoms with Crippen molar-refractivity contribution in [2.24, 2.45) is 0 Å². The molecule has 0 bridgehead atoms. The van der Waals surface area contributed by atoms with Crippen LogP contribution in [0.2, 0.25) is 5.02 Å². The van der Waals surface area contributed by atoms with Gasteiger partial charge >= 0.3 is 0 Å². The summed E-state index contributed by atoms with van der Waals surface area (Å²) in [7, 11) is 0. The van der Waals surface area contributed by atoms with Crippen LogP contribution in [0, 0.1) is 6.92 Å². The summed E-state index contributed by atoms with van der Waals surface area (Å²) < 4.78 is 11.2. The van der Waals surface area contributed by atoms with Crippen molar-refractivity contribution < 1.29 is 19.1 Å². The number of carbonyl (C=O) groups is 2. The fraction of sp³-hybridized carbons (Fsp3) is 0.360. The Bertz CT molecular complexity index is 1020. The van der Waals surface area contributed by atoms with Gasteiger partial charge in [-0.3, -0.25) is 14.5 Å². The number of carbonyl (C=O) groups excluding carboxylic acids is 2. The second kappa shape index (κ2) is 10.7. The first kappa shape index (κ1) is 23.8. The Hall–Kier alpha value is -2.83. The van der Waals surface area contributed by atoms with Gasteiger partial charge in [0.1, 0.15) is 11.4 Å². The number of ether oxygens (including phenoxy) is 2. The van der Waals surface area contributed by atoms with Crippen LogP contribution in [0.3, 0.4) is 0 Å². The lowest BCUT2D eigenvalue weighted by Gasteiger charge is -2.17. The number of halogens is 1. The van der Waals surface area contributed by atoms with E-state index in [1.54, 1.807) is 24.3 Å². The van der Waals surface area contributed by atoms with Crippen LogP contribution in [0.5, 0.6) is 5.75 Å². The second-order valence-corrected chi connectivity index (χ2v) is 8.25. The third-order valence-electron chi connectivity index (χ3n) is 5.08. The minimum atomic E-state index is -0.386. The van der Waals surface area contributed by atoms with Gasteiger partial charge in [-0.1, -0.05) is 36.7 Å². The zero-order valence-electron chi connectivity index (χ0n) is 18.9. The predicted molar refractivity (Wildman–Crippen MR) is 127 cm³/mol. The molecule has 2 amide bonds. The van der Waals surface area contributed by atoms with Crippen molar-refractivity contribution in [2.75, 3.05) is 25.1 Å². The Balaban J connectivity index is 1.96. The molecule has 2 aromatic carbocycles. The van der Waals surface area contributed by atoms with E-state index in [4.69, 9.17) is 21.1 Å². The van der Waals surface area contributed by atoms with Crippen LogP contribution in [-0.2, 0) is 14.3 Å². The normalized spacial score (nSPS) is 14.0. The van der Waals surface area contributed by atoms with E-state index >= 15 is 0 Å². The van der Waals surface area contributed by atoms with Gasteiger partial charge in [0.15, 0.2) is 0 Å². The first-order valence-electron chi connectivity index (χ1n) is 10.8. The van der Waals surface area contributed by atoms with E-state index in [1.807, 2.05) is 45.9 Å². The summed E-state index contributed by atoms with van der Waals surface area (Å²) in [5, 5.41) is 3.75. The SMILES string of the molecule is CCCOc1ccc(C2=C(Nc3cccc(Cl)c3C)C(=O)N(CCOC(C)C)C2=O)cc1. The Morgan fingerprint density at radius 3 is 2.41 bits per heavy atom. The highest BCUT2D eigenvalue weighted by Gasteiger charge is 2.39. The zero-order valence-corrected chi connectivity index (χ0v) is 19.7. The predicted octanol–water partition coefficient (Wildman–Crippen LogP) is 5.05. The number of nitrogens with one attached hydrogen (secondary N) is 1. The number of hydrogen-bond donors (Lipinski definition) is 1. The van der Waals surface area contributed by atoms with E-state index in [0.717, 1.165) is 17.7 Å². The summed E-state index contributed by atoms with van der Waals surface area (Å²) in [6, 6.07) is 12.6. The van der Waals surface area contributed by atoms with E-state index in [-0.39, 0.29) is 36.8 Å². The minimum Gasteiger partial charge on any atom is -0.494 e. The van der Waals surface area contributed by atoms with Crippen LogP contribution in [0.1, 0.15) is 38.3 Å². The topological polar surface area (TPSA) is 67.9 Å². The number of anilines is 1. The molecular weight excluding hydrogens is 428 g/mol. The van der Waals surface area contributed by atoms with Crippen molar-refractivity contribution in [1.82, 2.24) is 4.90 Å². The maximum Gasteiger partial charge on any atom is 0.278 e. The van der Waals surface area contributed by atoms with Gasteiger partial charge in [-0.25, -0.2) is 0 Å². The molecule has 7 heteroatoms. The van der Waals surface area contributed by atoms with Crippen LogP contribution < -0.4 is 10.1 Å². The van der Waals surface area contributed by atoms with E-state index in [1.165, 1.54) is 4.90 Å². The quantitative estimate of drug-likeness (QED) is 0.506. The lowest BCUT2D eigenvalue weighted by Crippen LogP contribution is -2.35. The Labute approximate surface area is 194 Å². The van der Waals surface area contributed by atoms with Gasteiger partial charge in [-0.05, 0) is 62.6 Å². The van der Waals surface area contributed by atoms with Crippen LogP contribution in [-0.4, -0.2) is 42.6 Å². The van der Waals surface area contributed by atoms with Gasteiger partial charge in [0, 0.05) is 10.7 Å². The molecule has 2 aromatic rings. The van der Waals surface area contributed by atoms with Crippen molar-refractivity contribution >= 4 is 34.7 Å². The first-order valence-corrected chi connectivity index (χ1v) is 11.2. The van der Waals surface area contributed by atoms with Crippen LogP contribution in [0.15, 0.2) is 48.2 Å². The molecule has 0 unspecified atom stereocenters. The largest absolute Gasteiger partial charge is 0.494 e. The Morgan fingerprint density at radius 1 is 1.03 bits per heavy atom. The smallest absolute Gasteiger partial charge is 0.278 e. The van der Waals surface area contributed by atoms with Gasteiger partial charge in [0.05, 0.1) is 31.4 Å². The summed E-state index contributed by atoms with van der Waals surface area (Å²) in [4.78, 5) is 27.8. The van der Waals surface area contributed by atoms with Crippen molar-refractivity contribution in [3.05, 3.63) is 64.3 Å². The fourth-order valence-corrected chi connectivity index (χ4v) is 3.53. The summed E-state index contributed by atoms with van der Waals surface area (Å²) in [6.07, 6.45) is 0.915. The lowest BCUT2D eigenvalue weighted by atomic mass is 10.0. The molecule has 0 saturated heterocycles. The standard InChI is InChI=1S/C25H29ClN2O4/c1-5-14-32-19-11-9-18(10-12-19)22-23(27-21-8-6-7-20(26)17(21)4)25(30)28(24(22)29)13-15-31-16(2)3/h6-12,16,27H,5,13-15H2,1-4H3. The average Bonchev–Trinajstić information content (AvgIpc) is 3.00. The lowest BCUT2D eigenvalue weighted by molar-refractivity contribution is -0.137. The number of imide groups is 1. The molecule has 1 N–H and O–H groups in total. The maximum atomic E-state index is 13.3. The van der Waals surface area contributed by atoms with E-state index < -0.39 is 0 Å². The van der Waals surface area contributed by atoms with Crippen LogP contribution in [0.25, 0.3) is 5.57 Å². The van der Waals surface area contributed by atoms with Crippen LogP contribution >= 0.6 is 11.6 Å². The molecule has 6 nitrogen and oxygen atoms in total. The van der Waals surface area contributed by atoms with Gasteiger partial charge in [-0.2, -0.15) is 0 Å². The van der Waals surface area contributed by atoms with Crippen LogP contribution in [0.4, 0.5) is 5.69 Å². The van der Waals surface area contributed by atoms with E-state index in [2.05, 4.69) is 5.32 Å². The molecule has 0 radical (unpaired) electrons. The number of amides is 2. The third-order valence-corrected chi connectivity index (χ3v) is 5.49. The van der Waals surface area contributed by atoms with Gasteiger partial charge in [-0.15, -0.1) is 0 Å². The molecule has 0 saturated carbocycles. The highest BCUT2D eigenvalue weighted by molar-refractivity contribution is 6.36. The number of benzene rings is 2. The Morgan fingerprint density at radius 2 is 1.75 bits per heavy atom. The summed E-state index contributed by atoms with van der Waals surface area (Å²) in [5.74, 6) is -0.0230. The molecule has 1 aliphatic rings. The van der Waals surface area contributed by atoms with E-state index in [0.29, 0.717) is 28.5 Å². The molecule has 1 aliphatic heterocycles. The number of hydrogen-bond acceptors (Lipinski definition) is 5. The molecule has 3 rings (SSSR count). The van der Waals surface area contributed by atoms with Crippen molar-refractivity contribution in [3.8, 4) is 5.75 Å². The minimum absolute atomic E-state index is 0.0117. The molecule has 170 valence electrons. The summed E-state index contributed by atoms with van der Waals surface area (Å²) in [6.45, 7) is 8.79.